The number of pyridine rings is 2. The average molecular weight is 517 g/mol. The molecule has 2 aliphatic heterocycles. The van der Waals surface area contributed by atoms with Gasteiger partial charge in [-0.1, -0.05) is 24.3 Å². The minimum absolute atomic E-state index is 0.314. The molecule has 0 aliphatic carbocycles. The molecule has 2 fully saturated rings. The van der Waals surface area contributed by atoms with Crippen LogP contribution in [0.5, 0.6) is 0 Å². The fourth-order valence-corrected chi connectivity index (χ4v) is 5.97. The summed E-state index contributed by atoms with van der Waals surface area (Å²) in [6.07, 6.45) is 10.9. The summed E-state index contributed by atoms with van der Waals surface area (Å²) in [6, 6.07) is 15.5. The zero-order valence-corrected chi connectivity index (χ0v) is 21.1. The van der Waals surface area contributed by atoms with Gasteiger partial charge in [-0.3, -0.25) is 14.9 Å². The van der Waals surface area contributed by atoms with E-state index in [0.717, 1.165) is 60.5 Å². The lowest BCUT2D eigenvalue weighted by molar-refractivity contribution is -0.0957. The number of anilines is 1. The van der Waals surface area contributed by atoms with Gasteiger partial charge >= 0.3 is 0 Å². The number of halogens is 1. The van der Waals surface area contributed by atoms with Crippen molar-refractivity contribution in [2.75, 3.05) is 31.9 Å². The SMILES string of the molecule is N#CN1CC2(C1)CN(Cc1ccc(-c3c(-c4cccnc4N)cn4cc(-c5ccc(F)cn5)ncc34)cc1)C2. The first-order valence-electron chi connectivity index (χ1n) is 12.8. The highest BCUT2D eigenvalue weighted by molar-refractivity contribution is 5.96. The number of aromatic nitrogens is 4. The van der Waals surface area contributed by atoms with Gasteiger partial charge in [-0.05, 0) is 35.4 Å². The van der Waals surface area contributed by atoms with Gasteiger partial charge in [0.15, 0.2) is 6.19 Å². The lowest BCUT2D eigenvalue weighted by Crippen LogP contribution is -2.70. The highest BCUT2D eigenvalue weighted by Crippen LogP contribution is 2.41. The predicted molar refractivity (Wildman–Crippen MR) is 146 cm³/mol. The number of fused-ring (bicyclic) bond motifs is 1. The Bertz CT molecular complexity index is 1720. The van der Waals surface area contributed by atoms with Crippen molar-refractivity contribution in [2.24, 2.45) is 5.41 Å². The molecule has 0 radical (unpaired) electrons. The lowest BCUT2D eigenvalue weighted by Gasteiger charge is -2.58. The fourth-order valence-electron chi connectivity index (χ4n) is 5.97. The molecular formula is C30H25FN8. The molecule has 6 heterocycles. The highest BCUT2D eigenvalue weighted by Gasteiger charge is 2.51. The van der Waals surface area contributed by atoms with Crippen molar-refractivity contribution in [3.05, 3.63) is 90.9 Å². The molecular weight excluding hydrogens is 491 g/mol. The van der Waals surface area contributed by atoms with Crippen LogP contribution in [0, 0.1) is 22.7 Å². The Morgan fingerprint density at radius 2 is 1.69 bits per heavy atom. The van der Waals surface area contributed by atoms with Gasteiger partial charge in [0.05, 0.1) is 23.6 Å². The summed E-state index contributed by atoms with van der Waals surface area (Å²) >= 11 is 0. The van der Waals surface area contributed by atoms with Gasteiger partial charge in [-0.2, -0.15) is 5.26 Å². The van der Waals surface area contributed by atoms with E-state index in [-0.39, 0.29) is 5.82 Å². The molecule has 0 amide bonds. The quantitative estimate of drug-likeness (QED) is 0.345. The Morgan fingerprint density at radius 1 is 0.897 bits per heavy atom. The molecule has 8 nitrogen and oxygen atoms in total. The number of likely N-dealkylation sites (tertiary alicyclic amines) is 2. The number of benzene rings is 1. The van der Waals surface area contributed by atoms with Crippen LogP contribution in [-0.2, 0) is 6.54 Å². The second-order valence-electron chi connectivity index (χ2n) is 10.6. The molecule has 9 heteroatoms. The van der Waals surface area contributed by atoms with Gasteiger partial charge in [-0.25, -0.2) is 9.37 Å². The number of nitriles is 1. The Labute approximate surface area is 224 Å². The Kier molecular flexibility index (Phi) is 5.32. The van der Waals surface area contributed by atoms with Crippen LogP contribution in [0.2, 0.25) is 0 Å². The van der Waals surface area contributed by atoms with E-state index in [9.17, 15) is 4.39 Å². The molecule has 2 N–H and O–H groups in total. The first-order valence-corrected chi connectivity index (χ1v) is 12.8. The second-order valence-corrected chi connectivity index (χ2v) is 10.6. The Morgan fingerprint density at radius 3 is 2.41 bits per heavy atom. The van der Waals surface area contributed by atoms with Crippen LogP contribution in [0.1, 0.15) is 5.56 Å². The molecule has 5 aromatic rings. The smallest absolute Gasteiger partial charge is 0.179 e. The van der Waals surface area contributed by atoms with E-state index < -0.39 is 0 Å². The molecule has 192 valence electrons. The second kappa shape index (κ2) is 8.89. The summed E-state index contributed by atoms with van der Waals surface area (Å²) < 4.78 is 15.4. The third kappa shape index (κ3) is 4.06. The largest absolute Gasteiger partial charge is 0.383 e. The lowest BCUT2D eigenvalue weighted by atomic mass is 9.73. The van der Waals surface area contributed by atoms with Gasteiger partial charge in [0.25, 0.3) is 0 Å². The van der Waals surface area contributed by atoms with Crippen LogP contribution in [0.4, 0.5) is 10.2 Å². The molecule has 2 saturated heterocycles. The zero-order chi connectivity index (χ0) is 26.6. The minimum Gasteiger partial charge on any atom is -0.383 e. The average Bonchev–Trinajstić information content (AvgIpc) is 3.29. The normalized spacial score (nSPS) is 16.2. The van der Waals surface area contributed by atoms with E-state index in [0.29, 0.717) is 22.6 Å². The van der Waals surface area contributed by atoms with Crippen LogP contribution < -0.4 is 5.73 Å². The maximum absolute atomic E-state index is 13.4. The predicted octanol–water partition coefficient (Wildman–Crippen LogP) is 4.45. The van der Waals surface area contributed by atoms with Gasteiger partial charge in [0.1, 0.15) is 17.3 Å². The first-order chi connectivity index (χ1) is 19.0. The summed E-state index contributed by atoms with van der Waals surface area (Å²) in [7, 11) is 0. The number of rotatable bonds is 5. The monoisotopic (exact) mass is 516 g/mol. The van der Waals surface area contributed by atoms with E-state index in [4.69, 9.17) is 11.0 Å². The van der Waals surface area contributed by atoms with Gasteiger partial charge in [0.2, 0.25) is 0 Å². The van der Waals surface area contributed by atoms with Crippen LogP contribution in [0.15, 0.2) is 79.5 Å². The van der Waals surface area contributed by atoms with Crippen LogP contribution in [0.25, 0.3) is 39.2 Å². The molecule has 0 atom stereocenters. The highest BCUT2D eigenvalue weighted by atomic mass is 19.1. The minimum atomic E-state index is -0.386. The molecule has 0 bridgehead atoms. The number of nitrogens with two attached hydrogens (primary N) is 1. The summed E-state index contributed by atoms with van der Waals surface area (Å²) in [5, 5.41) is 9.02. The van der Waals surface area contributed by atoms with E-state index in [1.807, 2.05) is 40.0 Å². The van der Waals surface area contributed by atoms with Gasteiger partial charge in [0, 0.05) is 73.4 Å². The van der Waals surface area contributed by atoms with Crippen molar-refractivity contribution in [3.63, 3.8) is 0 Å². The van der Waals surface area contributed by atoms with Crippen molar-refractivity contribution in [3.8, 4) is 39.8 Å². The first kappa shape index (κ1) is 23.3. The molecule has 4 aromatic heterocycles. The number of nitrogen functional groups attached to an aromatic ring is 1. The molecule has 39 heavy (non-hydrogen) atoms. The topological polar surface area (TPSA) is 99.4 Å². The summed E-state index contributed by atoms with van der Waals surface area (Å²) in [6.45, 7) is 4.74. The summed E-state index contributed by atoms with van der Waals surface area (Å²) in [5.41, 5.74) is 13.9. The summed E-state index contributed by atoms with van der Waals surface area (Å²) in [5.74, 6) is 0.0699. The van der Waals surface area contributed by atoms with Gasteiger partial charge < -0.3 is 15.0 Å². The van der Waals surface area contributed by atoms with E-state index in [1.54, 1.807) is 12.3 Å². The summed E-state index contributed by atoms with van der Waals surface area (Å²) in [4.78, 5) is 17.4. The maximum atomic E-state index is 13.4. The zero-order valence-electron chi connectivity index (χ0n) is 21.1. The fraction of sp³-hybridized carbons (Fsp3) is 0.200. The molecule has 7 rings (SSSR count). The molecule has 2 aliphatic rings. The van der Waals surface area contributed by atoms with Crippen LogP contribution in [0.3, 0.4) is 0 Å². The van der Waals surface area contributed by atoms with Crippen LogP contribution in [-0.4, -0.2) is 55.3 Å². The Hall–Kier alpha value is -4.81. The van der Waals surface area contributed by atoms with E-state index in [1.165, 1.54) is 17.8 Å². The molecule has 1 aromatic carbocycles. The van der Waals surface area contributed by atoms with Crippen molar-refractivity contribution in [1.82, 2.24) is 29.2 Å². The third-order valence-corrected chi connectivity index (χ3v) is 7.74. The maximum Gasteiger partial charge on any atom is 0.179 e. The van der Waals surface area contributed by atoms with Crippen molar-refractivity contribution < 1.29 is 4.39 Å². The third-order valence-electron chi connectivity index (χ3n) is 7.74. The van der Waals surface area contributed by atoms with Gasteiger partial charge in [-0.15, -0.1) is 0 Å². The standard InChI is InChI=1S/C30H25FN8/c31-22-7-8-25(35-10-22)26-14-39-13-24(23-2-1-9-34-29(23)33)28(27(39)11-36-26)21-5-3-20(4-6-21)12-37-15-30(16-37)17-38(18-30)19-32/h1-11,13-14H,12,15-18H2,(H2,33,34). The number of nitrogens with zero attached hydrogens (tertiary/aromatic N) is 7. The number of hydrogen-bond donors (Lipinski definition) is 1. The van der Waals surface area contributed by atoms with Crippen molar-refractivity contribution in [1.29, 1.82) is 5.26 Å². The Balaban J connectivity index is 1.22. The molecule has 1 spiro atoms. The van der Waals surface area contributed by atoms with Crippen LogP contribution >= 0.6 is 0 Å². The van der Waals surface area contributed by atoms with Crippen molar-refractivity contribution in [2.45, 2.75) is 6.54 Å². The van der Waals surface area contributed by atoms with E-state index in [2.05, 4.69) is 50.3 Å². The van der Waals surface area contributed by atoms with E-state index >= 15 is 0 Å². The number of hydrogen-bond acceptors (Lipinski definition) is 7. The molecule has 0 unspecified atom stereocenters. The van der Waals surface area contributed by atoms with Crippen molar-refractivity contribution >= 4 is 11.3 Å². The molecule has 0 saturated carbocycles.